The average molecular weight is 363 g/mol. The van der Waals surface area contributed by atoms with Gasteiger partial charge in [0.2, 0.25) is 5.95 Å². The number of morpholine rings is 1. The molecule has 0 amide bonds. The smallest absolute Gasteiger partial charge is 0.205 e. The van der Waals surface area contributed by atoms with E-state index in [1.54, 1.807) is 12.1 Å². The molecule has 0 spiro atoms. The van der Waals surface area contributed by atoms with Gasteiger partial charge in [-0.3, -0.25) is 0 Å². The van der Waals surface area contributed by atoms with Crippen molar-refractivity contribution in [1.82, 2.24) is 9.97 Å². The van der Waals surface area contributed by atoms with E-state index in [0.717, 1.165) is 43.0 Å². The molecule has 4 rings (SSSR count). The van der Waals surface area contributed by atoms with Crippen LogP contribution in [0.25, 0.3) is 11.0 Å². The third kappa shape index (κ3) is 3.15. The van der Waals surface area contributed by atoms with Crippen molar-refractivity contribution in [3.63, 3.8) is 0 Å². The molecule has 0 saturated carbocycles. The molecular weight excluding hydrogens is 347 g/mol. The van der Waals surface area contributed by atoms with Crippen LogP contribution in [-0.2, 0) is 4.74 Å². The van der Waals surface area contributed by atoms with E-state index < -0.39 is 0 Å². The number of hydrogen-bond acceptors (Lipinski definition) is 4. The van der Waals surface area contributed by atoms with E-state index in [4.69, 9.17) is 27.9 Å². The molecule has 1 aliphatic rings. The molecule has 1 saturated heterocycles. The Bertz CT molecular complexity index is 874. The van der Waals surface area contributed by atoms with E-state index in [9.17, 15) is 0 Å². The second-order valence-electron chi connectivity index (χ2n) is 5.64. The molecule has 2 aromatic carbocycles. The second kappa shape index (κ2) is 6.51. The van der Waals surface area contributed by atoms with Crippen molar-refractivity contribution in [3.05, 3.63) is 46.4 Å². The molecule has 124 valence electrons. The molecule has 1 fully saturated rings. The molecule has 1 aromatic heterocycles. The van der Waals surface area contributed by atoms with E-state index in [1.807, 2.05) is 12.1 Å². The molecule has 0 unspecified atom stereocenters. The van der Waals surface area contributed by atoms with Gasteiger partial charge >= 0.3 is 0 Å². The fraction of sp³-hybridized carbons (Fsp3) is 0.235. The maximum absolute atomic E-state index is 6.20. The molecule has 5 nitrogen and oxygen atoms in total. The van der Waals surface area contributed by atoms with Gasteiger partial charge in [-0.15, -0.1) is 0 Å². The number of ether oxygens (including phenoxy) is 1. The third-order valence-corrected chi connectivity index (χ3v) is 4.57. The SMILES string of the molecule is Clc1ccc(Nc2nc3ccc(N4CCOCC4)cc3[nH]2)c(Cl)c1. The van der Waals surface area contributed by atoms with Crippen molar-refractivity contribution in [2.75, 3.05) is 36.5 Å². The number of aromatic nitrogens is 2. The maximum atomic E-state index is 6.20. The van der Waals surface area contributed by atoms with Crippen molar-refractivity contribution in [2.24, 2.45) is 0 Å². The first-order chi connectivity index (χ1) is 11.7. The highest BCUT2D eigenvalue weighted by Gasteiger charge is 2.13. The standard InChI is InChI=1S/C17H16Cl2N4O/c18-11-1-3-14(13(19)9-11)20-17-21-15-4-2-12(10-16(15)22-17)23-5-7-24-8-6-23/h1-4,9-10H,5-8H2,(H2,20,21,22). The van der Waals surface area contributed by atoms with Gasteiger partial charge in [-0.2, -0.15) is 0 Å². The van der Waals surface area contributed by atoms with Gasteiger partial charge in [-0.25, -0.2) is 4.98 Å². The van der Waals surface area contributed by atoms with Crippen LogP contribution in [0.1, 0.15) is 0 Å². The van der Waals surface area contributed by atoms with Crippen LogP contribution in [0.5, 0.6) is 0 Å². The Balaban J connectivity index is 1.60. The van der Waals surface area contributed by atoms with Crippen molar-refractivity contribution in [2.45, 2.75) is 0 Å². The Kier molecular flexibility index (Phi) is 4.22. The monoisotopic (exact) mass is 362 g/mol. The van der Waals surface area contributed by atoms with Gasteiger partial charge < -0.3 is 19.9 Å². The van der Waals surface area contributed by atoms with Crippen LogP contribution in [0, 0.1) is 0 Å². The molecule has 1 aliphatic heterocycles. The first kappa shape index (κ1) is 15.6. The van der Waals surface area contributed by atoms with Crippen LogP contribution < -0.4 is 10.2 Å². The fourth-order valence-electron chi connectivity index (χ4n) is 2.79. The Morgan fingerprint density at radius 3 is 2.71 bits per heavy atom. The largest absolute Gasteiger partial charge is 0.378 e. The number of rotatable bonds is 3. The predicted molar refractivity (Wildman–Crippen MR) is 98.9 cm³/mol. The number of nitrogens with zero attached hydrogens (tertiary/aromatic N) is 2. The Labute approximate surface area is 149 Å². The number of halogens is 2. The van der Waals surface area contributed by atoms with Crippen molar-refractivity contribution in [1.29, 1.82) is 0 Å². The number of fused-ring (bicyclic) bond motifs is 1. The van der Waals surface area contributed by atoms with Crippen LogP contribution in [0.15, 0.2) is 36.4 Å². The normalized spacial score (nSPS) is 15.0. The number of imidazole rings is 1. The van der Waals surface area contributed by atoms with E-state index >= 15 is 0 Å². The molecule has 3 aromatic rings. The summed E-state index contributed by atoms with van der Waals surface area (Å²) >= 11 is 12.1. The lowest BCUT2D eigenvalue weighted by Crippen LogP contribution is -2.36. The highest BCUT2D eigenvalue weighted by atomic mass is 35.5. The molecule has 0 radical (unpaired) electrons. The number of nitrogens with one attached hydrogen (secondary N) is 2. The summed E-state index contributed by atoms with van der Waals surface area (Å²) in [6, 6.07) is 11.5. The van der Waals surface area contributed by atoms with Crippen LogP contribution in [-0.4, -0.2) is 36.3 Å². The van der Waals surface area contributed by atoms with Gasteiger partial charge in [-0.1, -0.05) is 23.2 Å². The highest BCUT2D eigenvalue weighted by Crippen LogP contribution is 2.29. The van der Waals surface area contributed by atoms with E-state index in [-0.39, 0.29) is 0 Å². The summed E-state index contributed by atoms with van der Waals surface area (Å²) < 4.78 is 5.41. The van der Waals surface area contributed by atoms with Crippen LogP contribution in [0.4, 0.5) is 17.3 Å². The molecule has 0 aliphatic carbocycles. The Hall–Kier alpha value is -1.95. The predicted octanol–water partition coefficient (Wildman–Crippen LogP) is 4.45. The first-order valence-electron chi connectivity index (χ1n) is 7.73. The second-order valence-corrected chi connectivity index (χ2v) is 6.48. The summed E-state index contributed by atoms with van der Waals surface area (Å²) in [6.45, 7) is 3.35. The zero-order chi connectivity index (χ0) is 16.5. The summed E-state index contributed by atoms with van der Waals surface area (Å²) in [7, 11) is 0. The molecule has 7 heteroatoms. The average Bonchev–Trinajstić information content (AvgIpc) is 3.00. The van der Waals surface area contributed by atoms with E-state index in [2.05, 4.69) is 32.3 Å². The number of H-pyrrole nitrogens is 1. The van der Waals surface area contributed by atoms with Gasteiger partial charge in [0.1, 0.15) is 0 Å². The van der Waals surface area contributed by atoms with Crippen molar-refractivity contribution < 1.29 is 4.74 Å². The van der Waals surface area contributed by atoms with Gasteiger partial charge in [0.25, 0.3) is 0 Å². The van der Waals surface area contributed by atoms with Gasteiger partial charge in [-0.05, 0) is 36.4 Å². The van der Waals surface area contributed by atoms with Crippen LogP contribution in [0.3, 0.4) is 0 Å². The molecule has 0 bridgehead atoms. The lowest BCUT2D eigenvalue weighted by atomic mass is 10.2. The van der Waals surface area contributed by atoms with E-state index in [0.29, 0.717) is 16.0 Å². The minimum Gasteiger partial charge on any atom is -0.378 e. The first-order valence-corrected chi connectivity index (χ1v) is 8.49. The number of benzene rings is 2. The minimum atomic E-state index is 0.553. The van der Waals surface area contributed by atoms with Gasteiger partial charge in [0.05, 0.1) is 35.0 Å². The van der Waals surface area contributed by atoms with Crippen LogP contribution in [0.2, 0.25) is 10.0 Å². The molecule has 0 atom stereocenters. The summed E-state index contributed by atoms with van der Waals surface area (Å²) in [5.74, 6) is 0.647. The molecule has 24 heavy (non-hydrogen) atoms. The molecule has 2 heterocycles. The lowest BCUT2D eigenvalue weighted by molar-refractivity contribution is 0.122. The molecular formula is C17H16Cl2N4O. The van der Waals surface area contributed by atoms with Gasteiger partial charge in [0.15, 0.2) is 0 Å². The molecule has 2 N–H and O–H groups in total. The Morgan fingerprint density at radius 2 is 1.92 bits per heavy atom. The summed E-state index contributed by atoms with van der Waals surface area (Å²) in [4.78, 5) is 10.2. The van der Waals surface area contributed by atoms with Crippen molar-refractivity contribution >= 4 is 51.6 Å². The third-order valence-electron chi connectivity index (χ3n) is 4.03. The zero-order valence-electron chi connectivity index (χ0n) is 12.9. The van der Waals surface area contributed by atoms with Gasteiger partial charge in [0, 0.05) is 23.8 Å². The van der Waals surface area contributed by atoms with Crippen molar-refractivity contribution in [3.8, 4) is 0 Å². The number of anilines is 3. The van der Waals surface area contributed by atoms with E-state index in [1.165, 1.54) is 5.69 Å². The minimum absolute atomic E-state index is 0.553. The Morgan fingerprint density at radius 1 is 1.08 bits per heavy atom. The summed E-state index contributed by atoms with van der Waals surface area (Å²) in [5.41, 5.74) is 3.81. The topological polar surface area (TPSA) is 53.2 Å². The summed E-state index contributed by atoms with van der Waals surface area (Å²) in [5, 5.41) is 4.35. The quantitative estimate of drug-likeness (QED) is 0.722. The maximum Gasteiger partial charge on any atom is 0.205 e. The fourth-order valence-corrected chi connectivity index (χ4v) is 3.25. The highest BCUT2D eigenvalue weighted by molar-refractivity contribution is 6.36. The summed E-state index contributed by atoms with van der Waals surface area (Å²) in [6.07, 6.45) is 0. The zero-order valence-corrected chi connectivity index (χ0v) is 14.4. The number of aromatic amines is 1. The lowest BCUT2D eigenvalue weighted by Gasteiger charge is -2.28. The van der Waals surface area contributed by atoms with Crippen LogP contribution >= 0.6 is 23.2 Å². The number of hydrogen-bond donors (Lipinski definition) is 2.